The number of likely N-dealkylation sites (tertiary alicyclic amines) is 1. The van der Waals surface area contributed by atoms with Crippen molar-refractivity contribution >= 4 is 17.9 Å². The topological polar surface area (TPSA) is 119 Å². The Bertz CT molecular complexity index is 341. The molecule has 1 aliphatic rings. The predicted octanol–water partition coefficient (Wildman–Crippen LogP) is -1.26. The van der Waals surface area contributed by atoms with E-state index in [9.17, 15) is 14.4 Å². The number of rotatable bonds is 6. The number of carbonyl (C=O) groups excluding carboxylic acids is 2. The first-order valence-corrected chi connectivity index (χ1v) is 6.20. The van der Waals surface area contributed by atoms with Crippen molar-refractivity contribution in [2.75, 3.05) is 26.2 Å². The summed E-state index contributed by atoms with van der Waals surface area (Å²) in [6, 6.07) is -1.89. The highest BCUT2D eigenvalue weighted by atomic mass is 16.4. The minimum Gasteiger partial charge on any atom is -0.480 e. The largest absolute Gasteiger partial charge is 0.480 e. The molecule has 1 fully saturated rings. The highest BCUT2D eigenvalue weighted by Crippen LogP contribution is 2.06. The summed E-state index contributed by atoms with van der Waals surface area (Å²) in [7, 11) is 0. The number of urea groups is 1. The van der Waals surface area contributed by atoms with Crippen molar-refractivity contribution in [3.05, 3.63) is 0 Å². The van der Waals surface area contributed by atoms with E-state index in [4.69, 9.17) is 10.2 Å². The monoisotopic (exact) mass is 273 g/mol. The maximum Gasteiger partial charge on any atom is 0.326 e. The van der Waals surface area contributed by atoms with E-state index in [0.29, 0.717) is 13.1 Å². The van der Waals surface area contributed by atoms with Gasteiger partial charge in [-0.15, -0.1) is 0 Å². The smallest absolute Gasteiger partial charge is 0.326 e. The van der Waals surface area contributed by atoms with Gasteiger partial charge in [-0.1, -0.05) is 0 Å². The molecule has 0 aromatic heterocycles. The van der Waals surface area contributed by atoms with Gasteiger partial charge in [0, 0.05) is 26.1 Å². The van der Waals surface area contributed by atoms with Gasteiger partial charge in [-0.05, 0) is 12.8 Å². The number of aliphatic carboxylic acids is 1. The maximum atomic E-state index is 11.6. The van der Waals surface area contributed by atoms with Crippen LogP contribution in [0.2, 0.25) is 0 Å². The van der Waals surface area contributed by atoms with Crippen LogP contribution in [-0.4, -0.2) is 65.3 Å². The van der Waals surface area contributed by atoms with E-state index < -0.39 is 18.0 Å². The summed E-state index contributed by atoms with van der Waals surface area (Å²) in [6.45, 7) is 0.899. The van der Waals surface area contributed by atoms with Crippen LogP contribution in [0.1, 0.15) is 19.3 Å². The molecule has 1 heterocycles. The predicted molar refractivity (Wildman–Crippen MR) is 65.5 cm³/mol. The molecule has 0 saturated carbocycles. The maximum absolute atomic E-state index is 11.6. The molecule has 1 atom stereocenters. The Labute approximate surface area is 110 Å². The summed E-state index contributed by atoms with van der Waals surface area (Å²) in [6.07, 6.45) is 1.86. The normalized spacial score (nSPS) is 15.9. The minimum atomic E-state index is -1.23. The van der Waals surface area contributed by atoms with E-state index in [2.05, 4.69) is 10.6 Å². The first-order chi connectivity index (χ1) is 9.04. The van der Waals surface area contributed by atoms with E-state index >= 15 is 0 Å². The summed E-state index contributed by atoms with van der Waals surface area (Å²) in [4.78, 5) is 35.4. The molecule has 8 nitrogen and oxygen atoms in total. The summed E-state index contributed by atoms with van der Waals surface area (Å²) in [5, 5.41) is 21.9. The van der Waals surface area contributed by atoms with E-state index in [1.807, 2.05) is 0 Å². The fraction of sp³-hybridized carbons (Fsp3) is 0.727. The summed E-state index contributed by atoms with van der Waals surface area (Å²) in [5.41, 5.74) is 0. The van der Waals surface area contributed by atoms with Crippen LogP contribution < -0.4 is 10.6 Å². The van der Waals surface area contributed by atoms with Crippen LogP contribution in [-0.2, 0) is 9.59 Å². The Hall–Kier alpha value is -1.83. The Kier molecular flexibility index (Phi) is 6.07. The van der Waals surface area contributed by atoms with E-state index in [0.717, 1.165) is 12.8 Å². The Balaban J connectivity index is 2.29. The molecule has 108 valence electrons. The molecule has 0 radical (unpaired) electrons. The average molecular weight is 273 g/mol. The minimum absolute atomic E-state index is 0.0805. The first-order valence-electron chi connectivity index (χ1n) is 6.20. The van der Waals surface area contributed by atoms with Crippen molar-refractivity contribution in [1.29, 1.82) is 0 Å². The SMILES string of the molecule is O=C(NCC(=O)N1CCCC1)N[C@@H](CCO)C(=O)O. The van der Waals surface area contributed by atoms with Gasteiger partial charge in [-0.3, -0.25) is 4.79 Å². The number of hydrogen-bond acceptors (Lipinski definition) is 4. The van der Waals surface area contributed by atoms with Crippen LogP contribution in [0, 0.1) is 0 Å². The third kappa shape index (κ3) is 5.12. The second-order valence-electron chi connectivity index (χ2n) is 4.32. The molecule has 0 bridgehead atoms. The zero-order valence-corrected chi connectivity index (χ0v) is 10.6. The number of nitrogens with one attached hydrogen (secondary N) is 2. The summed E-state index contributed by atoms with van der Waals surface area (Å²) >= 11 is 0. The lowest BCUT2D eigenvalue weighted by atomic mass is 10.2. The molecule has 1 rings (SSSR count). The molecule has 1 aliphatic heterocycles. The Morgan fingerprint density at radius 3 is 2.37 bits per heavy atom. The van der Waals surface area contributed by atoms with Crippen molar-refractivity contribution in [1.82, 2.24) is 15.5 Å². The fourth-order valence-electron chi connectivity index (χ4n) is 1.83. The molecule has 0 aliphatic carbocycles. The van der Waals surface area contributed by atoms with Gasteiger partial charge < -0.3 is 25.7 Å². The summed E-state index contributed by atoms with van der Waals surface area (Å²) < 4.78 is 0. The third-order valence-corrected chi connectivity index (χ3v) is 2.88. The first kappa shape index (κ1) is 15.2. The lowest BCUT2D eigenvalue weighted by Gasteiger charge is -2.17. The lowest BCUT2D eigenvalue weighted by molar-refractivity contribution is -0.139. The zero-order chi connectivity index (χ0) is 14.3. The molecule has 0 spiro atoms. The van der Waals surface area contributed by atoms with Gasteiger partial charge >= 0.3 is 12.0 Å². The van der Waals surface area contributed by atoms with Gasteiger partial charge in [0.1, 0.15) is 6.04 Å². The lowest BCUT2D eigenvalue weighted by Crippen LogP contribution is -2.49. The molecule has 0 aromatic rings. The van der Waals surface area contributed by atoms with Crippen LogP contribution in [0.25, 0.3) is 0 Å². The number of amides is 3. The number of aliphatic hydroxyl groups is 1. The van der Waals surface area contributed by atoms with Crippen LogP contribution >= 0.6 is 0 Å². The standard InChI is InChI=1S/C11H19N3O5/c15-6-3-8(10(17)18)13-11(19)12-7-9(16)14-4-1-2-5-14/h8,15H,1-7H2,(H,17,18)(H2,12,13,19)/t8-/m0/s1. The second-order valence-corrected chi connectivity index (χ2v) is 4.32. The van der Waals surface area contributed by atoms with E-state index in [1.165, 1.54) is 0 Å². The van der Waals surface area contributed by atoms with Crippen LogP contribution in [0.4, 0.5) is 4.79 Å². The van der Waals surface area contributed by atoms with Gasteiger partial charge in [0.25, 0.3) is 0 Å². The van der Waals surface area contributed by atoms with Gasteiger partial charge in [-0.2, -0.15) is 0 Å². The second kappa shape index (κ2) is 7.57. The highest BCUT2D eigenvalue weighted by molar-refractivity contribution is 5.86. The van der Waals surface area contributed by atoms with Crippen molar-refractivity contribution in [2.24, 2.45) is 0 Å². The van der Waals surface area contributed by atoms with Crippen LogP contribution in [0.5, 0.6) is 0 Å². The average Bonchev–Trinajstić information content (AvgIpc) is 2.89. The number of nitrogens with zero attached hydrogens (tertiary/aromatic N) is 1. The summed E-state index contributed by atoms with van der Waals surface area (Å²) in [5.74, 6) is -1.41. The van der Waals surface area contributed by atoms with Crippen LogP contribution in [0.3, 0.4) is 0 Å². The van der Waals surface area contributed by atoms with Crippen molar-refractivity contribution in [3.8, 4) is 0 Å². The molecule has 0 aromatic carbocycles. The molecular formula is C11H19N3O5. The Morgan fingerprint density at radius 2 is 1.84 bits per heavy atom. The number of carboxylic acids is 1. The number of hydrogen-bond donors (Lipinski definition) is 4. The number of carboxylic acid groups (broad SMARTS) is 1. The zero-order valence-electron chi connectivity index (χ0n) is 10.6. The number of carbonyl (C=O) groups is 3. The quantitative estimate of drug-likeness (QED) is 0.482. The van der Waals surface area contributed by atoms with Crippen molar-refractivity contribution < 1.29 is 24.6 Å². The van der Waals surface area contributed by atoms with Gasteiger partial charge in [0.2, 0.25) is 5.91 Å². The van der Waals surface area contributed by atoms with Gasteiger partial charge in [-0.25, -0.2) is 9.59 Å². The molecule has 19 heavy (non-hydrogen) atoms. The molecular weight excluding hydrogens is 254 g/mol. The fourth-order valence-corrected chi connectivity index (χ4v) is 1.83. The number of aliphatic hydroxyl groups excluding tert-OH is 1. The molecule has 4 N–H and O–H groups in total. The molecule has 0 unspecified atom stereocenters. The van der Waals surface area contributed by atoms with Crippen molar-refractivity contribution in [3.63, 3.8) is 0 Å². The van der Waals surface area contributed by atoms with E-state index in [-0.39, 0.29) is 25.5 Å². The van der Waals surface area contributed by atoms with Crippen LogP contribution in [0.15, 0.2) is 0 Å². The molecule has 1 saturated heterocycles. The van der Waals surface area contributed by atoms with Gasteiger partial charge in [0.15, 0.2) is 0 Å². The molecule has 3 amide bonds. The highest BCUT2D eigenvalue weighted by Gasteiger charge is 2.21. The van der Waals surface area contributed by atoms with E-state index in [1.54, 1.807) is 4.90 Å². The van der Waals surface area contributed by atoms with Crippen molar-refractivity contribution in [2.45, 2.75) is 25.3 Å². The third-order valence-electron chi connectivity index (χ3n) is 2.88. The molecule has 8 heteroatoms. The van der Waals surface area contributed by atoms with Gasteiger partial charge in [0.05, 0.1) is 6.54 Å². The Morgan fingerprint density at radius 1 is 1.21 bits per heavy atom.